The minimum atomic E-state index is -2.60. The molecule has 1 unspecified atom stereocenters. The van der Waals surface area contributed by atoms with E-state index in [-0.39, 0.29) is 24.6 Å². The third-order valence-electron chi connectivity index (χ3n) is 7.85. The number of anilines is 1. The van der Waals surface area contributed by atoms with Crippen molar-refractivity contribution in [2.45, 2.75) is 92.2 Å². The van der Waals surface area contributed by atoms with Crippen molar-refractivity contribution in [3.05, 3.63) is 68.6 Å². The number of allylic oxidation sites excluding steroid dienone is 1. The summed E-state index contributed by atoms with van der Waals surface area (Å²) in [5.41, 5.74) is 6.79. The molecule has 2 aromatic rings. The van der Waals surface area contributed by atoms with Crippen LogP contribution in [0.25, 0.3) is 5.57 Å². The number of likely N-dealkylation sites (tertiary alicyclic amines) is 1. The van der Waals surface area contributed by atoms with Crippen LogP contribution in [0.1, 0.15) is 82.7 Å². The van der Waals surface area contributed by atoms with E-state index in [4.69, 9.17) is 0 Å². The molecular weight excluding hydrogens is 522 g/mol. The normalized spacial score (nSPS) is 17.4. The monoisotopic (exact) mass is 572 g/mol. The van der Waals surface area contributed by atoms with Gasteiger partial charge in [-0.15, -0.1) is 0 Å². The molecule has 3 N–H and O–H groups in total. The second-order valence-electron chi connectivity index (χ2n) is 10.8. The predicted molar refractivity (Wildman–Crippen MR) is 167 cm³/mol. The Balaban J connectivity index is 0.000000312. The number of rotatable bonds is 9. The summed E-state index contributed by atoms with van der Waals surface area (Å²) in [7, 11) is 1.86. The fourth-order valence-corrected chi connectivity index (χ4v) is 5.66. The zero-order valence-electron chi connectivity index (χ0n) is 26.0. The second kappa shape index (κ2) is 16.6. The number of aromatic amines is 1. The molecule has 0 saturated carbocycles. The van der Waals surface area contributed by atoms with Gasteiger partial charge < -0.3 is 15.6 Å². The number of hydrogen-bond acceptors (Lipinski definition) is 5. The van der Waals surface area contributed by atoms with Crippen molar-refractivity contribution in [2.24, 2.45) is 5.92 Å². The Hall–Kier alpha value is -2.84. The van der Waals surface area contributed by atoms with Gasteiger partial charge >= 0.3 is 0 Å². The average Bonchev–Trinajstić information content (AvgIpc) is 2.96. The molecule has 6 nitrogen and oxygen atoms in total. The highest BCUT2D eigenvalue weighted by molar-refractivity contribution is 6.11. The third-order valence-corrected chi connectivity index (χ3v) is 7.85. The summed E-state index contributed by atoms with van der Waals surface area (Å²) >= 11 is 0. The summed E-state index contributed by atoms with van der Waals surface area (Å²) in [6, 6.07) is 10.0. The van der Waals surface area contributed by atoms with Gasteiger partial charge in [0.2, 0.25) is 0 Å². The van der Waals surface area contributed by atoms with E-state index >= 15 is 0 Å². The fraction of sp³-hybridized carbons (Fsp3) is 0.576. The van der Waals surface area contributed by atoms with Crippen molar-refractivity contribution in [3.8, 4) is 0 Å². The molecule has 3 heterocycles. The number of halogens is 2. The number of nitrogens with zero attached hydrogens (tertiary/aromatic N) is 1. The molecule has 0 bridgehead atoms. The Morgan fingerprint density at radius 3 is 2.37 bits per heavy atom. The van der Waals surface area contributed by atoms with Gasteiger partial charge in [-0.3, -0.25) is 14.5 Å². The first-order valence-corrected chi connectivity index (χ1v) is 15.1. The molecule has 1 saturated heterocycles. The van der Waals surface area contributed by atoms with Crippen LogP contribution in [0.2, 0.25) is 0 Å². The average molecular weight is 573 g/mol. The Morgan fingerprint density at radius 2 is 1.78 bits per heavy atom. The highest BCUT2D eigenvalue weighted by Crippen LogP contribution is 2.38. The van der Waals surface area contributed by atoms with Crippen molar-refractivity contribution in [1.29, 1.82) is 0 Å². The number of fused-ring (bicyclic) bond motifs is 1. The molecule has 4 rings (SSSR count). The molecule has 1 atom stereocenters. The maximum atomic E-state index is 13.6. The van der Waals surface area contributed by atoms with E-state index in [1.54, 1.807) is 0 Å². The number of carbonyl (C=O) groups excluding carboxylic acids is 1. The molecule has 0 spiro atoms. The number of benzene rings is 1. The summed E-state index contributed by atoms with van der Waals surface area (Å²) in [4.78, 5) is 28.0. The first kappa shape index (κ1) is 34.4. The lowest BCUT2D eigenvalue weighted by molar-refractivity contribution is -0.103. The Labute approximate surface area is 245 Å². The van der Waals surface area contributed by atoms with E-state index in [0.29, 0.717) is 25.6 Å². The molecule has 2 aliphatic heterocycles. The van der Waals surface area contributed by atoms with Crippen LogP contribution in [0.4, 0.5) is 14.5 Å². The number of pyridine rings is 1. The maximum Gasteiger partial charge on any atom is 0.260 e. The molecular formula is C33H50F2N4O2. The minimum Gasteiger partial charge on any atom is -0.378 e. The standard InChI is InChI=1S/C20H26F2N2O.C11H18N2O.C2H6/c1-3-20(21,22)13-24-10-8-15(9-11-24)19-14(2)17(12-25)16-6-4-5-7-18(16)23-19;1-4-5-9-6-8(2)13-11(14)10(9)7-12-3;1-2/h4-7,12,15,19,23H,3,8-11,13H2,1-2H3;6,12H,4-5,7H2,1-3H3,(H,13,14);1-2H3. The summed E-state index contributed by atoms with van der Waals surface area (Å²) in [6.07, 6.45) is 4.60. The summed E-state index contributed by atoms with van der Waals surface area (Å²) in [5.74, 6) is -2.25. The van der Waals surface area contributed by atoms with Crippen LogP contribution in [-0.2, 0) is 17.8 Å². The largest absolute Gasteiger partial charge is 0.378 e. The Morgan fingerprint density at radius 1 is 1.12 bits per heavy atom. The zero-order valence-corrected chi connectivity index (χ0v) is 26.0. The van der Waals surface area contributed by atoms with Gasteiger partial charge in [0, 0.05) is 41.0 Å². The van der Waals surface area contributed by atoms with Gasteiger partial charge in [0.25, 0.3) is 11.5 Å². The number of alkyl halides is 2. The van der Waals surface area contributed by atoms with Crippen LogP contribution in [0.5, 0.6) is 0 Å². The van der Waals surface area contributed by atoms with Crippen LogP contribution in [0.15, 0.2) is 40.7 Å². The fourth-order valence-electron chi connectivity index (χ4n) is 5.66. The van der Waals surface area contributed by atoms with Crippen LogP contribution >= 0.6 is 0 Å². The maximum absolute atomic E-state index is 13.6. The molecule has 1 fully saturated rings. The first-order chi connectivity index (χ1) is 19.6. The number of aryl methyl sites for hydroxylation is 2. The lowest BCUT2D eigenvalue weighted by Crippen LogP contribution is -2.45. The Bertz CT molecular complexity index is 1200. The number of carbonyl (C=O) groups is 1. The van der Waals surface area contributed by atoms with Crippen LogP contribution in [-0.4, -0.2) is 54.8 Å². The van der Waals surface area contributed by atoms with Crippen LogP contribution in [0.3, 0.4) is 0 Å². The molecule has 8 heteroatoms. The van der Waals surface area contributed by atoms with Gasteiger partial charge in [0.1, 0.15) is 0 Å². The van der Waals surface area contributed by atoms with Gasteiger partial charge in [-0.1, -0.05) is 52.3 Å². The van der Waals surface area contributed by atoms with Crippen molar-refractivity contribution >= 4 is 17.5 Å². The SMILES string of the molecule is CC.CCC(F)(F)CN1CCC(C2Nc3ccccc3C(C=O)=C2C)CC1.CCCc1cc(C)[nH]c(=O)c1CNC. The van der Waals surface area contributed by atoms with E-state index in [2.05, 4.69) is 28.6 Å². The highest BCUT2D eigenvalue weighted by atomic mass is 19.3. The minimum absolute atomic E-state index is 0.0443. The zero-order chi connectivity index (χ0) is 30.6. The smallest absolute Gasteiger partial charge is 0.260 e. The molecule has 0 aliphatic carbocycles. The lowest BCUT2D eigenvalue weighted by atomic mass is 9.80. The van der Waals surface area contributed by atoms with E-state index in [1.165, 1.54) is 12.5 Å². The van der Waals surface area contributed by atoms with Crippen molar-refractivity contribution in [1.82, 2.24) is 15.2 Å². The predicted octanol–water partition coefficient (Wildman–Crippen LogP) is 6.59. The van der Waals surface area contributed by atoms with Gasteiger partial charge in [-0.05, 0) is 82.4 Å². The summed E-state index contributed by atoms with van der Waals surface area (Å²) < 4.78 is 27.2. The third kappa shape index (κ3) is 9.33. The molecule has 1 aromatic heterocycles. The number of nitrogens with one attached hydrogen (secondary N) is 3. The van der Waals surface area contributed by atoms with Crippen LogP contribution in [0, 0.1) is 12.8 Å². The molecule has 41 heavy (non-hydrogen) atoms. The Kier molecular flexibility index (Phi) is 13.9. The number of aldehydes is 1. The summed E-state index contributed by atoms with van der Waals surface area (Å²) in [6.45, 7) is 13.5. The number of aromatic nitrogens is 1. The van der Waals surface area contributed by atoms with Crippen molar-refractivity contribution in [2.75, 3.05) is 32.0 Å². The second-order valence-corrected chi connectivity index (χ2v) is 10.8. The topological polar surface area (TPSA) is 77.2 Å². The lowest BCUT2D eigenvalue weighted by Gasteiger charge is -2.40. The molecule has 1 aromatic carbocycles. The van der Waals surface area contributed by atoms with Gasteiger partial charge in [-0.2, -0.15) is 0 Å². The van der Waals surface area contributed by atoms with E-state index in [9.17, 15) is 18.4 Å². The number of piperidine rings is 1. The number of H-pyrrole nitrogens is 1. The highest BCUT2D eigenvalue weighted by Gasteiger charge is 2.35. The van der Waals surface area contributed by atoms with E-state index in [1.807, 2.05) is 63.9 Å². The number of para-hydroxylation sites is 1. The van der Waals surface area contributed by atoms with Crippen LogP contribution < -0.4 is 16.2 Å². The van der Waals surface area contributed by atoms with Crippen molar-refractivity contribution < 1.29 is 13.6 Å². The summed E-state index contributed by atoms with van der Waals surface area (Å²) in [5, 5.41) is 6.59. The van der Waals surface area contributed by atoms with E-state index in [0.717, 1.165) is 65.6 Å². The van der Waals surface area contributed by atoms with Gasteiger partial charge in [0.05, 0.1) is 12.6 Å². The first-order valence-electron chi connectivity index (χ1n) is 15.1. The molecule has 228 valence electrons. The van der Waals surface area contributed by atoms with Gasteiger partial charge in [0.15, 0.2) is 6.29 Å². The molecule has 0 amide bonds. The van der Waals surface area contributed by atoms with E-state index < -0.39 is 5.92 Å². The van der Waals surface area contributed by atoms with Gasteiger partial charge in [-0.25, -0.2) is 8.78 Å². The molecule has 0 radical (unpaired) electrons. The number of hydrogen-bond donors (Lipinski definition) is 3. The quantitative estimate of drug-likeness (QED) is 0.296. The molecule has 2 aliphatic rings. The van der Waals surface area contributed by atoms with Crippen molar-refractivity contribution in [3.63, 3.8) is 0 Å².